The molecule has 0 fully saturated rings. The van der Waals surface area contributed by atoms with Crippen molar-refractivity contribution >= 4 is 29.4 Å². The molecule has 0 saturated heterocycles. The second kappa shape index (κ2) is 5.27. The van der Waals surface area contributed by atoms with Crippen LogP contribution in [0.25, 0.3) is 0 Å². The molecule has 0 bridgehead atoms. The van der Waals surface area contributed by atoms with Crippen LogP contribution in [0.5, 0.6) is 0 Å². The van der Waals surface area contributed by atoms with Gasteiger partial charge >= 0.3 is 0 Å². The van der Waals surface area contributed by atoms with Crippen LogP contribution in [0.3, 0.4) is 0 Å². The van der Waals surface area contributed by atoms with E-state index >= 15 is 0 Å². The zero-order valence-corrected chi connectivity index (χ0v) is 10.5. The molecule has 4 heteroatoms. The van der Waals surface area contributed by atoms with Crippen molar-refractivity contribution in [3.63, 3.8) is 0 Å². The number of hydrogen-bond donors (Lipinski definition) is 0. The van der Waals surface area contributed by atoms with E-state index in [1.165, 1.54) is 21.8 Å². The number of aromatic nitrogens is 1. The Hall–Kier alpha value is -1.13. The van der Waals surface area contributed by atoms with E-state index in [4.69, 9.17) is 0 Å². The molecule has 82 valence electrons. The van der Waals surface area contributed by atoms with Gasteiger partial charge in [0.15, 0.2) is 6.29 Å². The standard InChI is InChI=1S/C12H11NOS2/c1-15-11-4-2-9(3-5-11)6-12-13-10(7-14)8-16-12/h2-5,7-8H,6H2,1H3. The Labute approximate surface area is 103 Å². The molecule has 0 aliphatic heterocycles. The van der Waals surface area contributed by atoms with Crippen LogP contribution in [0.2, 0.25) is 0 Å². The van der Waals surface area contributed by atoms with Gasteiger partial charge < -0.3 is 0 Å². The van der Waals surface area contributed by atoms with Gasteiger partial charge in [-0.15, -0.1) is 23.1 Å². The number of thiazole rings is 1. The van der Waals surface area contributed by atoms with Crippen molar-refractivity contribution in [1.82, 2.24) is 4.98 Å². The van der Waals surface area contributed by atoms with Crippen molar-refractivity contribution < 1.29 is 4.79 Å². The second-order valence-corrected chi connectivity index (χ2v) is 5.13. The van der Waals surface area contributed by atoms with Gasteiger partial charge in [0.2, 0.25) is 0 Å². The zero-order valence-electron chi connectivity index (χ0n) is 8.84. The number of rotatable bonds is 4. The van der Waals surface area contributed by atoms with Crippen molar-refractivity contribution in [2.75, 3.05) is 6.26 Å². The predicted octanol–water partition coefficient (Wildman–Crippen LogP) is 3.27. The zero-order chi connectivity index (χ0) is 11.4. The number of nitrogens with zero attached hydrogens (tertiary/aromatic N) is 1. The molecule has 0 saturated carbocycles. The SMILES string of the molecule is CSc1ccc(Cc2nc(C=O)cs2)cc1. The Kier molecular flexibility index (Phi) is 3.74. The summed E-state index contributed by atoms with van der Waals surface area (Å²) >= 11 is 3.26. The Balaban J connectivity index is 2.10. The van der Waals surface area contributed by atoms with Crippen LogP contribution in [-0.4, -0.2) is 17.5 Å². The van der Waals surface area contributed by atoms with Crippen molar-refractivity contribution in [3.05, 3.63) is 45.9 Å². The summed E-state index contributed by atoms with van der Waals surface area (Å²) in [5, 5.41) is 2.78. The van der Waals surface area contributed by atoms with E-state index in [1.54, 1.807) is 17.1 Å². The summed E-state index contributed by atoms with van der Waals surface area (Å²) in [6, 6.07) is 8.42. The molecule has 0 unspecified atom stereocenters. The Bertz CT molecular complexity index is 476. The Morgan fingerprint density at radius 1 is 1.38 bits per heavy atom. The minimum atomic E-state index is 0.528. The van der Waals surface area contributed by atoms with Gasteiger partial charge in [0.25, 0.3) is 0 Å². The average Bonchev–Trinajstić information content (AvgIpc) is 2.78. The van der Waals surface area contributed by atoms with E-state index in [9.17, 15) is 4.79 Å². The van der Waals surface area contributed by atoms with Gasteiger partial charge in [0.05, 0.1) is 5.01 Å². The molecule has 0 amide bonds. The van der Waals surface area contributed by atoms with Crippen molar-refractivity contribution in [3.8, 4) is 0 Å². The lowest BCUT2D eigenvalue weighted by Gasteiger charge is -1.99. The first-order valence-electron chi connectivity index (χ1n) is 4.84. The molecule has 0 spiro atoms. The first-order chi connectivity index (χ1) is 7.81. The van der Waals surface area contributed by atoms with Crippen LogP contribution in [0.15, 0.2) is 34.5 Å². The topological polar surface area (TPSA) is 30.0 Å². The molecule has 0 N–H and O–H groups in total. The lowest BCUT2D eigenvalue weighted by molar-refractivity contribution is 0.111. The summed E-state index contributed by atoms with van der Waals surface area (Å²) in [5.41, 5.74) is 1.75. The highest BCUT2D eigenvalue weighted by atomic mass is 32.2. The quantitative estimate of drug-likeness (QED) is 0.615. The highest BCUT2D eigenvalue weighted by Crippen LogP contribution is 2.18. The molecular weight excluding hydrogens is 238 g/mol. The van der Waals surface area contributed by atoms with Crippen LogP contribution in [-0.2, 0) is 6.42 Å². The summed E-state index contributed by atoms with van der Waals surface area (Å²) in [6.07, 6.45) is 3.65. The maximum absolute atomic E-state index is 10.5. The van der Waals surface area contributed by atoms with Crippen molar-refractivity contribution in [2.24, 2.45) is 0 Å². The minimum absolute atomic E-state index is 0.528. The van der Waals surface area contributed by atoms with E-state index < -0.39 is 0 Å². The molecule has 0 aliphatic rings. The van der Waals surface area contributed by atoms with Gasteiger partial charge in [-0.1, -0.05) is 12.1 Å². The van der Waals surface area contributed by atoms with Gasteiger partial charge in [-0.25, -0.2) is 4.98 Å². The van der Waals surface area contributed by atoms with Crippen LogP contribution >= 0.6 is 23.1 Å². The summed E-state index contributed by atoms with van der Waals surface area (Å²) in [7, 11) is 0. The summed E-state index contributed by atoms with van der Waals surface area (Å²) in [5.74, 6) is 0. The van der Waals surface area contributed by atoms with Crippen LogP contribution < -0.4 is 0 Å². The molecule has 2 rings (SSSR count). The van der Waals surface area contributed by atoms with Gasteiger partial charge in [0, 0.05) is 16.7 Å². The molecule has 2 aromatic rings. The third-order valence-electron chi connectivity index (χ3n) is 2.20. The molecule has 0 radical (unpaired) electrons. The van der Waals surface area contributed by atoms with E-state index in [0.29, 0.717) is 5.69 Å². The molecule has 0 atom stereocenters. The van der Waals surface area contributed by atoms with Crippen molar-refractivity contribution in [1.29, 1.82) is 0 Å². The first-order valence-corrected chi connectivity index (χ1v) is 6.95. The summed E-state index contributed by atoms with van der Waals surface area (Å²) in [6.45, 7) is 0. The smallest absolute Gasteiger partial charge is 0.169 e. The van der Waals surface area contributed by atoms with Gasteiger partial charge in [-0.05, 0) is 24.0 Å². The van der Waals surface area contributed by atoms with Crippen LogP contribution in [0.4, 0.5) is 0 Å². The van der Waals surface area contributed by atoms with Crippen LogP contribution in [0.1, 0.15) is 21.1 Å². The number of aldehydes is 1. The van der Waals surface area contributed by atoms with E-state index in [1.807, 2.05) is 0 Å². The molecule has 1 aromatic heterocycles. The summed E-state index contributed by atoms with van der Waals surface area (Å²) < 4.78 is 0. The van der Waals surface area contributed by atoms with E-state index in [-0.39, 0.29) is 0 Å². The second-order valence-electron chi connectivity index (χ2n) is 3.31. The lowest BCUT2D eigenvalue weighted by atomic mass is 10.2. The third kappa shape index (κ3) is 2.71. The maximum atomic E-state index is 10.5. The molecule has 1 heterocycles. The highest BCUT2D eigenvalue weighted by Gasteiger charge is 2.02. The fourth-order valence-corrected chi connectivity index (χ4v) is 2.56. The minimum Gasteiger partial charge on any atom is -0.296 e. The van der Waals surface area contributed by atoms with Gasteiger partial charge in [-0.2, -0.15) is 0 Å². The number of carbonyl (C=O) groups is 1. The largest absolute Gasteiger partial charge is 0.296 e. The van der Waals surface area contributed by atoms with Gasteiger partial charge in [-0.3, -0.25) is 4.79 Å². The fraction of sp³-hybridized carbons (Fsp3) is 0.167. The number of carbonyl (C=O) groups excluding carboxylic acids is 1. The van der Waals surface area contributed by atoms with E-state index in [0.717, 1.165) is 17.7 Å². The molecule has 16 heavy (non-hydrogen) atoms. The molecule has 1 aromatic carbocycles. The first kappa shape index (κ1) is 11.4. The third-order valence-corrected chi connectivity index (χ3v) is 3.82. The Morgan fingerprint density at radius 3 is 2.69 bits per heavy atom. The maximum Gasteiger partial charge on any atom is 0.169 e. The number of benzene rings is 1. The summed E-state index contributed by atoms with van der Waals surface area (Å²) in [4.78, 5) is 16.0. The predicted molar refractivity (Wildman–Crippen MR) is 68.5 cm³/mol. The Morgan fingerprint density at radius 2 is 2.12 bits per heavy atom. The fourth-order valence-electron chi connectivity index (χ4n) is 1.38. The highest BCUT2D eigenvalue weighted by molar-refractivity contribution is 7.98. The van der Waals surface area contributed by atoms with E-state index in [2.05, 4.69) is 35.5 Å². The monoisotopic (exact) mass is 249 g/mol. The lowest BCUT2D eigenvalue weighted by Crippen LogP contribution is -1.88. The molecule has 0 aliphatic carbocycles. The molecular formula is C12H11NOS2. The number of hydrogen-bond acceptors (Lipinski definition) is 4. The van der Waals surface area contributed by atoms with Crippen molar-refractivity contribution in [2.45, 2.75) is 11.3 Å². The molecule has 2 nitrogen and oxygen atoms in total. The average molecular weight is 249 g/mol. The number of thioether (sulfide) groups is 1. The normalized spacial score (nSPS) is 10.3. The van der Waals surface area contributed by atoms with Crippen LogP contribution in [0, 0.1) is 0 Å². The van der Waals surface area contributed by atoms with Gasteiger partial charge in [0.1, 0.15) is 5.69 Å².